The molecule has 1 heterocycles. The average molecular weight is 334 g/mol. The van der Waals surface area contributed by atoms with Gasteiger partial charge in [0, 0.05) is 23.8 Å². The second kappa shape index (κ2) is 6.72. The number of aromatic nitrogens is 2. The molecule has 3 rings (SSSR count). The molecule has 0 saturated heterocycles. The lowest BCUT2D eigenvalue weighted by molar-refractivity contribution is -0.122. The number of nitrogens with one attached hydrogen (secondary N) is 1. The van der Waals surface area contributed by atoms with Gasteiger partial charge in [-0.2, -0.15) is 5.10 Å². The Kier molecular flexibility index (Phi) is 4.68. The predicted octanol–water partition coefficient (Wildman–Crippen LogP) is 2.24. The minimum Gasteiger partial charge on any atom is -0.393 e. The fourth-order valence-corrected chi connectivity index (χ4v) is 3.22. The molecule has 1 aromatic heterocycles. The summed E-state index contributed by atoms with van der Waals surface area (Å²) in [6, 6.07) is 7.23. The summed E-state index contributed by atoms with van der Waals surface area (Å²) in [6.07, 6.45) is 5.06. The molecule has 0 bridgehead atoms. The first-order valence-electron chi connectivity index (χ1n) is 7.72. The van der Waals surface area contributed by atoms with Crippen molar-refractivity contribution >= 4 is 17.5 Å². The smallest absolute Gasteiger partial charge is 0.224 e. The number of carbonyl (C=O) groups excluding carboxylic acids is 1. The van der Waals surface area contributed by atoms with Crippen molar-refractivity contribution < 1.29 is 9.90 Å². The van der Waals surface area contributed by atoms with E-state index < -0.39 is 0 Å². The molecule has 1 unspecified atom stereocenters. The summed E-state index contributed by atoms with van der Waals surface area (Å²) in [4.78, 5) is 12.4. The summed E-state index contributed by atoms with van der Waals surface area (Å²) in [7, 11) is 1.85. The Morgan fingerprint density at radius 1 is 1.48 bits per heavy atom. The van der Waals surface area contributed by atoms with E-state index in [9.17, 15) is 9.90 Å². The van der Waals surface area contributed by atoms with Crippen LogP contribution in [0.25, 0.3) is 0 Å². The zero-order valence-electron chi connectivity index (χ0n) is 12.9. The number of benzene rings is 1. The summed E-state index contributed by atoms with van der Waals surface area (Å²) in [6.45, 7) is 0. The van der Waals surface area contributed by atoms with Gasteiger partial charge in [-0.3, -0.25) is 9.48 Å². The van der Waals surface area contributed by atoms with Gasteiger partial charge in [-0.05, 0) is 30.4 Å². The lowest BCUT2D eigenvalue weighted by Crippen LogP contribution is -2.41. The molecule has 122 valence electrons. The molecule has 0 spiro atoms. The van der Waals surface area contributed by atoms with Crippen molar-refractivity contribution in [3.8, 4) is 0 Å². The monoisotopic (exact) mass is 333 g/mol. The van der Waals surface area contributed by atoms with Crippen LogP contribution in [-0.2, 0) is 18.3 Å². The molecule has 6 heteroatoms. The van der Waals surface area contributed by atoms with Gasteiger partial charge in [0.05, 0.1) is 24.8 Å². The second-order valence-corrected chi connectivity index (χ2v) is 6.55. The Balaban J connectivity index is 1.71. The Labute approximate surface area is 140 Å². The van der Waals surface area contributed by atoms with Crippen molar-refractivity contribution in [3.63, 3.8) is 0 Å². The van der Waals surface area contributed by atoms with Gasteiger partial charge >= 0.3 is 0 Å². The minimum absolute atomic E-state index is 0.0756. The molecular weight excluding hydrogens is 314 g/mol. The third-order valence-electron chi connectivity index (χ3n) is 4.33. The van der Waals surface area contributed by atoms with Crippen LogP contribution in [-0.4, -0.2) is 26.9 Å². The quantitative estimate of drug-likeness (QED) is 0.882. The minimum atomic E-state index is -0.264. The van der Waals surface area contributed by atoms with E-state index in [0.717, 1.165) is 11.1 Å². The summed E-state index contributed by atoms with van der Waals surface area (Å²) in [5, 5.41) is 17.4. The van der Waals surface area contributed by atoms with Crippen molar-refractivity contribution in [2.45, 2.75) is 31.4 Å². The summed E-state index contributed by atoms with van der Waals surface area (Å²) < 4.78 is 1.72. The maximum atomic E-state index is 12.4. The lowest BCUT2D eigenvalue weighted by atomic mass is 9.75. The second-order valence-electron chi connectivity index (χ2n) is 6.15. The van der Waals surface area contributed by atoms with Crippen molar-refractivity contribution in [1.29, 1.82) is 0 Å². The van der Waals surface area contributed by atoms with E-state index in [0.29, 0.717) is 17.9 Å². The van der Waals surface area contributed by atoms with Crippen molar-refractivity contribution in [3.05, 3.63) is 52.8 Å². The molecule has 2 aromatic rings. The van der Waals surface area contributed by atoms with Crippen LogP contribution in [0.3, 0.4) is 0 Å². The van der Waals surface area contributed by atoms with Crippen LogP contribution in [0.4, 0.5) is 0 Å². The fraction of sp³-hybridized carbons (Fsp3) is 0.412. The van der Waals surface area contributed by atoms with E-state index in [4.69, 9.17) is 11.6 Å². The largest absolute Gasteiger partial charge is 0.393 e. The van der Waals surface area contributed by atoms with Crippen molar-refractivity contribution in [2.75, 3.05) is 0 Å². The third kappa shape index (κ3) is 3.74. The third-order valence-corrected chi connectivity index (χ3v) is 4.70. The number of aliphatic hydroxyl groups is 1. The van der Waals surface area contributed by atoms with Gasteiger partial charge in [-0.25, -0.2) is 0 Å². The number of amides is 1. The molecule has 1 aromatic carbocycles. The van der Waals surface area contributed by atoms with Crippen molar-refractivity contribution in [1.82, 2.24) is 15.1 Å². The number of hydrogen-bond donors (Lipinski definition) is 2. The van der Waals surface area contributed by atoms with Gasteiger partial charge in [-0.1, -0.05) is 29.8 Å². The highest BCUT2D eigenvalue weighted by molar-refractivity contribution is 6.31. The van der Waals surface area contributed by atoms with E-state index in [1.165, 1.54) is 0 Å². The SMILES string of the molecule is Cn1cc(C(NC(=O)Cc2ccccc2Cl)C2CC(O)C2)cn1. The van der Waals surface area contributed by atoms with Gasteiger partial charge in [0.25, 0.3) is 0 Å². The Bertz CT molecular complexity index is 695. The number of carbonyl (C=O) groups is 1. The summed E-state index contributed by atoms with van der Waals surface area (Å²) in [5.41, 5.74) is 1.78. The van der Waals surface area contributed by atoms with E-state index in [-0.39, 0.29) is 30.4 Å². The van der Waals surface area contributed by atoms with E-state index in [2.05, 4.69) is 10.4 Å². The van der Waals surface area contributed by atoms with Gasteiger partial charge < -0.3 is 10.4 Å². The van der Waals surface area contributed by atoms with E-state index in [1.807, 2.05) is 31.4 Å². The first kappa shape index (κ1) is 16.0. The zero-order valence-corrected chi connectivity index (χ0v) is 13.7. The van der Waals surface area contributed by atoms with Crippen LogP contribution in [0, 0.1) is 5.92 Å². The van der Waals surface area contributed by atoms with Crippen LogP contribution >= 0.6 is 11.6 Å². The van der Waals surface area contributed by atoms with E-state index >= 15 is 0 Å². The predicted molar refractivity (Wildman–Crippen MR) is 88.0 cm³/mol. The Morgan fingerprint density at radius 3 is 2.83 bits per heavy atom. The maximum Gasteiger partial charge on any atom is 0.224 e. The number of nitrogens with zero attached hydrogens (tertiary/aromatic N) is 2. The van der Waals surface area contributed by atoms with Gasteiger partial charge in [0.2, 0.25) is 5.91 Å². The molecule has 1 aliphatic carbocycles. The molecule has 1 fully saturated rings. The molecule has 1 atom stereocenters. The van der Waals surface area contributed by atoms with Crippen molar-refractivity contribution in [2.24, 2.45) is 13.0 Å². The van der Waals surface area contributed by atoms with Crippen LogP contribution in [0.2, 0.25) is 5.02 Å². The first-order chi connectivity index (χ1) is 11.0. The number of aliphatic hydroxyl groups excluding tert-OH is 1. The zero-order chi connectivity index (χ0) is 16.4. The Morgan fingerprint density at radius 2 is 2.22 bits per heavy atom. The standard InChI is InChI=1S/C17H20ClN3O2/c1-21-10-13(9-19-21)17(12-6-14(22)7-12)20-16(23)8-11-4-2-3-5-15(11)18/h2-5,9-10,12,14,17,22H,6-8H2,1H3,(H,20,23). The summed E-state index contributed by atoms with van der Waals surface area (Å²) >= 11 is 6.12. The lowest BCUT2D eigenvalue weighted by Gasteiger charge is -2.37. The first-order valence-corrected chi connectivity index (χ1v) is 8.10. The Hall–Kier alpha value is -1.85. The highest BCUT2D eigenvalue weighted by Gasteiger charge is 2.36. The fourth-order valence-electron chi connectivity index (χ4n) is 3.02. The number of hydrogen-bond acceptors (Lipinski definition) is 3. The molecule has 2 N–H and O–H groups in total. The molecule has 0 aliphatic heterocycles. The summed E-state index contributed by atoms with van der Waals surface area (Å²) in [5.74, 6) is 0.165. The molecule has 1 aliphatic rings. The van der Waals surface area contributed by atoms with Crippen LogP contribution in [0.1, 0.15) is 30.0 Å². The van der Waals surface area contributed by atoms with E-state index in [1.54, 1.807) is 16.9 Å². The average Bonchev–Trinajstić information content (AvgIpc) is 2.91. The topological polar surface area (TPSA) is 67.2 Å². The van der Waals surface area contributed by atoms with Gasteiger partial charge in [0.1, 0.15) is 0 Å². The maximum absolute atomic E-state index is 12.4. The van der Waals surface area contributed by atoms with Crippen LogP contribution in [0.15, 0.2) is 36.7 Å². The van der Waals surface area contributed by atoms with Gasteiger partial charge in [0.15, 0.2) is 0 Å². The number of halogens is 1. The molecule has 23 heavy (non-hydrogen) atoms. The molecular formula is C17H20ClN3O2. The molecule has 5 nitrogen and oxygen atoms in total. The highest BCUT2D eigenvalue weighted by atomic mass is 35.5. The van der Waals surface area contributed by atoms with Crippen LogP contribution < -0.4 is 5.32 Å². The van der Waals surface area contributed by atoms with Crippen LogP contribution in [0.5, 0.6) is 0 Å². The molecule has 1 amide bonds. The molecule has 0 radical (unpaired) electrons. The highest BCUT2D eigenvalue weighted by Crippen LogP contribution is 2.38. The normalized spacial score (nSPS) is 21.5. The van der Waals surface area contributed by atoms with Gasteiger partial charge in [-0.15, -0.1) is 0 Å². The number of rotatable bonds is 5. The molecule has 1 saturated carbocycles. The number of aryl methyl sites for hydroxylation is 1.